The van der Waals surface area contributed by atoms with Crippen molar-refractivity contribution in [2.24, 2.45) is 5.92 Å². The van der Waals surface area contributed by atoms with E-state index in [2.05, 4.69) is 22.2 Å². The van der Waals surface area contributed by atoms with Crippen LogP contribution in [0.4, 0.5) is 4.39 Å². The molecule has 1 amide bonds. The van der Waals surface area contributed by atoms with Crippen molar-refractivity contribution < 1.29 is 9.18 Å². The number of hydrogen-bond acceptors (Lipinski definition) is 4. The van der Waals surface area contributed by atoms with Gasteiger partial charge in [0, 0.05) is 48.5 Å². The first-order valence-electron chi connectivity index (χ1n) is 10.3. The first-order valence-corrected chi connectivity index (χ1v) is 10.3. The first-order chi connectivity index (χ1) is 14.6. The Morgan fingerprint density at radius 1 is 1.13 bits per heavy atom. The van der Waals surface area contributed by atoms with Gasteiger partial charge in [0.1, 0.15) is 5.82 Å². The third kappa shape index (κ3) is 5.47. The molecule has 1 aromatic carbocycles. The van der Waals surface area contributed by atoms with Gasteiger partial charge in [-0.05, 0) is 60.9 Å². The summed E-state index contributed by atoms with van der Waals surface area (Å²) in [5.74, 6) is 0.449. The molecule has 0 aliphatic heterocycles. The van der Waals surface area contributed by atoms with E-state index in [1.807, 2.05) is 12.1 Å². The van der Waals surface area contributed by atoms with E-state index in [0.29, 0.717) is 24.3 Å². The normalized spacial score (nSPS) is 14.3. The number of carbonyl (C=O) groups excluding carboxylic acids is 1. The zero-order valence-corrected chi connectivity index (χ0v) is 17.0. The SMILES string of the molecule is C[C@H](Cc1cc(C(=O)NCC2CC2)cc(Cc2cnccn2)n1)c1ccc(F)cc1. The van der Waals surface area contributed by atoms with E-state index in [4.69, 9.17) is 4.98 Å². The molecule has 1 saturated carbocycles. The van der Waals surface area contributed by atoms with Gasteiger partial charge in [-0.3, -0.25) is 19.7 Å². The van der Waals surface area contributed by atoms with Gasteiger partial charge in [0.2, 0.25) is 0 Å². The number of benzene rings is 1. The van der Waals surface area contributed by atoms with Crippen molar-refractivity contribution in [3.8, 4) is 0 Å². The number of carbonyl (C=O) groups is 1. The quantitative estimate of drug-likeness (QED) is 0.614. The number of nitrogens with zero attached hydrogens (tertiary/aromatic N) is 3. The summed E-state index contributed by atoms with van der Waals surface area (Å²) in [6.07, 6.45) is 8.54. The highest BCUT2D eigenvalue weighted by Gasteiger charge is 2.22. The Bertz CT molecular complexity index is 1000. The maximum atomic E-state index is 13.2. The summed E-state index contributed by atoms with van der Waals surface area (Å²) >= 11 is 0. The van der Waals surface area contributed by atoms with Gasteiger partial charge in [-0.15, -0.1) is 0 Å². The largest absolute Gasteiger partial charge is 0.352 e. The highest BCUT2D eigenvalue weighted by atomic mass is 19.1. The fourth-order valence-corrected chi connectivity index (χ4v) is 3.47. The van der Waals surface area contributed by atoms with Crippen LogP contribution in [0.2, 0.25) is 0 Å². The van der Waals surface area contributed by atoms with Crippen LogP contribution in [0.15, 0.2) is 55.0 Å². The first kappa shape index (κ1) is 20.1. The lowest BCUT2D eigenvalue weighted by Crippen LogP contribution is -2.26. The zero-order chi connectivity index (χ0) is 20.9. The summed E-state index contributed by atoms with van der Waals surface area (Å²) in [7, 11) is 0. The summed E-state index contributed by atoms with van der Waals surface area (Å²) < 4.78 is 13.2. The molecule has 2 heterocycles. The van der Waals surface area contributed by atoms with Gasteiger partial charge in [0.25, 0.3) is 5.91 Å². The Balaban J connectivity index is 1.56. The van der Waals surface area contributed by atoms with Gasteiger partial charge in [-0.2, -0.15) is 0 Å². The molecule has 2 aromatic heterocycles. The monoisotopic (exact) mass is 404 g/mol. The highest BCUT2D eigenvalue weighted by Crippen LogP contribution is 2.27. The Labute approximate surface area is 175 Å². The molecule has 0 radical (unpaired) electrons. The molecule has 1 N–H and O–H groups in total. The molecule has 5 nitrogen and oxygen atoms in total. The molecular weight excluding hydrogens is 379 g/mol. The van der Waals surface area contributed by atoms with Crippen molar-refractivity contribution >= 4 is 5.91 Å². The topological polar surface area (TPSA) is 67.8 Å². The number of nitrogens with one attached hydrogen (secondary N) is 1. The Kier molecular flexibility index (Phi) is 6.12. The molecule has 154 valence electrons. The van der Waals surface area contributed by atoms with Crippen LogP contribution >= 0.6 is 0 Å². The number of rotatable bonds is 8. The molecule has 3 aromatic rings. The molecule has 6 heteroatoms. The highest BCUT2D eigenvalue weighted by molar-refractivity contribution is 5.94. The van der Waals surface area contributed by atoms with E-state index in [9.17, 15) is 9.18 Å². The summed E-state index contributed by atoms with van der Waals surface area (Å²) in [5, 5.41) is 3.03. The van der Waals surface area contributed by atoms with E-state index in [-0.39, 0.29) is 17.6 Å². The van der Waals surface area contributed by atoms with Crippen LogP contribution in [0, 0.1) is 11.7 Å². The van der Waals surface area contributed by atoms with E-state index >= 15 is 0 Å². The molecule has 1 aliphatic carbocycles. The van der Waals surface area contributed by atoms with Crippen LogP contribution in [0.3, 0.4) is 0 Å². The number of amides is 1. The van der Waals surface area contributed by atoms with Crippen LogP contribution in [-0.4, -0.2) is 27.4 Å². The number of halogens is 1. The standard InChI is InChI=1S/C24H25FN4O/c1-16(18-4-6-20(25)7-5-18)10-21-11-19(24(30)28-14-17-2-3-17)12-22(29-21)13-23-15-26-8-9-27-23/h4-9,11-12,15-17H,2-3,10,13-14H2,1H3,(H,28,30)/t16-/m1/s1. The van der Waals surface area contributed by atoms with Gasteiger partial charge in [-0.25, -0.2) is 4.39 Å². The summed E-state index contributed by atoms with van der Waals surface area (Å²) in [6, 6.07) is 10.2. The molecule has 30 heavy (non-hydrogen) atoms. The second-order valence-corrected chi connectivity index (χ2v) is 8.02. The lowest BCUT2D eigenvalue weighted by Gasteiger charge is -2.14. The van der Waals surface area contributed by atoms with Gasteiger partial charge < -0.3 is 5.32 Å². The van der Waals surface area contributed by atoms with Crippen molar-refractivity contribution in [2.45, 2.75) is 38.5 Å². The molecule has 1 aliphatic rings. The fraction of sp³-hybridized carbons (Fsp3) is 0.333. The van der Waals surface area contributed by atoms with Crippen molar-refractivity contribution in [1.29, 1.82) is 0 Å². The van der Waals surface area contributed by atoms with Crippen molar-refractivity contribution in [2.75, 3.05) is 6.54 Å². The fourth-order valence-electron chi connectivity index (χ4n) is 3.47. The Morgan fingerprint density at radius 3 is 2.60 bits per heavy atom. The minimum absolute atomic E-state index is 0.0691. The predicted molar refractivity (Wildman–Crippen MR) is 113 cm³/mol. The Hall–Kier alpha value is -3.15. The number of hydrogen-bond donors (Lipinski definition) is 1. The van der Waals surface area contributed by atoms with E-state index < -0.39 is 0 Å². The maximum absolute atomic E-state index is 13.2. The van der Waals surface area contributed by atoms with Gasteiger partial charge in [-0.1, -0.05) is 19.1 Å². The molecule has 1 fully saturated rings. The van der Waals surface area contributed by atoms with Gasteiger partial charge >= 0.3 is 0 Å². The van der Waals surface area contributed by atoms with Crippen LogP contribution in [0.1, 0.15) is 58.7 Å². The van der Waals surface area contributed by atoms with E-state index in [1.165, 1.54) is 25.0 Å². The van der Waals surface area contributed by atoms with Crippen molar-refractivity contribution in [3.05, 3.63) is 89.0 Å². The molecule has 0 unspecified atom stereocenters. The summed E-state index contributed by atoms with van der Waals surface area (Å²) in [6.45, 7) is 2.80. The molecule has 0 bridgehead atoms. The zero-order valence-electron chi connectivity index (χ0n) is 17.0. The van der Waals surface area contributed by atoms with E-state index in [0.717, 1.165) is 29.2 Å². The number of pyridine rings is 1. The van der Waals surface area contributed by atoms with Crippen molar-refractivity contribution in [1.82, 2.24) is 20.3 Å². The molecule has 0 saturated heterocycles. The average molecular weight is 404 g/mol. The number of aromatic nitrogens is 3. The molecule has 1 atom stereocenters. The lowest BCUT2D eigenvalue weighted by atomic mass is 9.95. The minimum Gasteiger partial charge on any atom is -0.352 e. The third-order valence-corrected chi connectivity index (χ3v) is 5.38. The predicted octanol–water partition coefficient (Wildman–Crippen LogP) is 4.09. The van der Waals surface area contributed by atoms with Crippen LogP contribution in [0.5, 0.6) is 0 Å². The summed E-state index contributed by atoms with van der Waals surface area (Å²) in [4.78, 5) is 25.9. The van der Waals surface area contributed by atoms with Gasteiger partial charge in [0.05, 0.1) is 5.69 Å². The average Bonchev–Trinajstić information content (AvgIpc) is 3.57. The minimum atomic E-state index is -0.246. The molecular formula is C24H25FN4O. The van der Waals surface area contributed by atoms with Crippen LogP contribution in [0.25, 0.3) is 0 Å². The van der Waals surface area contributed by atoms with Crippen LogP contribution < -0.4 is 5.32 Å². The van der Waals surface area contributed by atoms with Crippen LogP contribution in [-0.2, 0) is 12.8 Å². The smallest absolute Gasteiger partial charge is 0.251 e. The maximum Gasteiger partial charge on any atom is 0.251 e. The second kappa shape index (κ2) is 9.11. The van der Waals surface area contributed by atoms with Gasteiger partial charge in [0.15, 0.2) is 0 Å². The second-order valence-electron chi connectivity index (χ2n) is 8.02. The summed E-state index contributed by atoms with van der Waals surface area (Å²) in [5.41, 5.74) is 4.09. The third-order valence-electron chi connectivity index (χ3n) is 5.38. The van der Waals surface area contributed by atoms with Crippen molar-refractivity contribution in [3.63, 3.8) is 0 Å². The van der Waals surface area contributed by atoms with E-state index in [1.54, 1.807) is 30.7 Å². The molecule has 4 rings (SSSR count). The molecule has 0 spiro atoms. The lowest BCUT2D eigenvalue weighted by molar-refractivity contribution is 0.0951. The Morgan fingerprint density at radius 2 is 1.90 bits per heavy atom.